The molecular weight excluding hydrogens is 230 g/mol. The van der Waals surface area contributed by atoms with Gasteiger partial charge in [-0.1, -0.05) is 26.0 Å². The molecule has 0 aromatic heterocycles. The van der Waals surface area contributed by atoms with E-state index in [1.807, 2.05) is 18.2 Å². The van der Waals surface area contributed by atoms with Crippen molar-refractivity contribution >= 4 is 5.97 Å². The van der Waals surface area contributed by atoms with Gasteiger partial charge in [0.1, 0.15) is 5.75 Å². The van der Waals surface area contributed by atoms with Crippen LogP contribution in [-0.2, 0) is 10.2 Å². The molecule has 1 aromatic rings. The molecule has 1 rings (SSSR count). The highest BCUT2D eigenvalue weighted by atomic mass is 16.5. The van der Waals surface area contributed by atoms with Crippen LogP contribution in [0.25, 0.3) is 0 Å². The van der Waals surface area contributed by atoms with Crippen molar-refractivity contribution in [3.05, 3.63) is 29.8 Å². The average molecular weight is 251 g/mol. The zero-order valence-corrected chi connectivity index (χ0v) is 11.2. The van der Waals surface area contributed by atoms with Crippen LogP contribution < -0.4 is 10.1 Å². The zero-order chi connectivity index (χ0) is 13.6. The maximum Gasteiger partial charge on any atom is 0.304 e. The second-order valence-corrected chi connectivity index (χ2v) is 4.94. The van der Waals surface area contributed by atoms with Gasteiger partial charge < -0.3 is 15.2 Å². The Labute approximate surface area is 108 Å². The molecule has 0 atom stereocenters. The number of carboxylic acids is 1. The van der Waals surface area contributed by atoms with Crippen molar-refractivity contribution in [2.24, 2.45) is 0 Å². The summed E-state index contributed by atoms with van der Waals surface area (Å²) < 4.78 is 5.21. The summed E-state index contributed by atoms with van der Waals surface area (Å²) in [5.41, 5.74) is 1.11. The second kappa shape index (κ2) is 6.40. The van der Waals surface area contributed by atoms with Crippen LogP contribution in [0.15, 0.2) is 24.3 Å². The number of carboxylic acid groups (broad SMARTS) is 1. The number of nitrogens with one attached hydrogen (secondary N) is 1. The summed E-state index contributed by atoms with van der Waals surface area (Å²) in [6.45, 7) is 5.46. The summed E-state index contributed by atoms with van der Waals surface area (Å²) in [6, 6.07) is 7.95. The summed E-state index contributed by atoms with van der Waals surface area (Å²) >= 11 is 0. The average Bonchev–Trinajstić information content (AvgIpc) is 2.34. The van der Waals surface area contributed by atoms with E-state index in [2.05, 4.69) is 25.2 Å². The SMILES string of the molecule is COc1cccc(C(C)(C)CNCCC(=O)O)c1. The molecule has 0 bridgehead atoms. The lowest BCUT2D eigenvalue weighted by molar-refractivity contribution is -0.136. The zero-order valence-electron chi connectivity index (χ0n) is 11.2. The van der Waals surface area contributed by atoms with Gasteiger partial charge in [0.2, 0.25) is 0 Å². The van der Waals surface area contributed by atoms with Crippen LogP contribution >= 0.6 is 0 Å². The van der Waals surface area contributed by atoms with Gasteiger partial charge in [-0.2, -0.15) is 0 Å². The van der Waals surface area contributed by atoms with E-state index >= 15 is 0 Å². The molecule has 0 aliphatic heterocycles. The molecule has 18 heavy (non-hydrogen) atoms. The van der Waals surface area contributed by atoms with E-state index in [-0.39, 0.29) is 11.8 Å². The number of methoxy groups -OCH3 is 1. The Morgan fingerprint density at radius 2 is 2.17 bits per heavy atom. The van der Waals surface area contributed by atoms with Crippen molar-refractivity contribution in [1.29, 1.82) is 0 Å². The molecule has 1 aromatic carbocycles. The van der Waals surface area contributed by atoms with Gasteiger partial charge >= 0.3 is 5.97 Å². The smallest absolute Gasteiger partial charge is 0.304 e. The molecule has 4 heteroatoms. The van der Waals surface area contributed by atoms with Gasteiger partial charge in [-0.3, -0.25) is 4.79 Å². The number of benzene rings is 1. The first-order chi connectivity index (χ1) is 8.45. The number of hydrogen-bond acceptors (Lipinski definition) is 3. The summed E-state index contributed by atoms with van der Waals surface area (Å²) in [7, 11) is 1.65. The molecule has 0 aliphatic carbocycles. The minimum Gasteiger partial charge on any atom is -0.497 e. The van der Waals surface area contributed by atoms with Crippen LogP contribution in [-0.4, -0.2) is 31.3 Å². The molecule has 100 valence electrons. The largest absolute Gasteiger partial charge is 0.497 e. The van der Waals surface area contributed by atoms with Gasteiger partial charge in [0.15, 0.2) is 0 Å². The van der Waals surface area contributed by atoms with Crippen molar-refractivity contribution in [2.75, 3.05) is 20.2 Å². The summed E-state index contributed by atoms with van der Waals surface area (Å²) in [6.07, 6.45) is 0.147. The third-order valence-corrected chi connectivity index (χ3v) is 2.93. The molecular formula is C14H21NO3. The van der Waals surface area contributed by atoms with E-state index in [1.54, 1.807) is 7.11 Å². The van der Waals surface area contributed by atoms with E-state index in [0.29, 0.717) is 6.54 Å². The Balaban J connectivity index is 2.58. The topological polar surface area (TPSA) is 58.6 Å². The highest BCUT2D eigenvalue weighted by molar-refractivity contribution is 5.66. The summed E-state index contributed by atoms with van der Waals surface area (Å²) in [5, 5.41) is 11.7. The van der Waals surface area contributed by atoms with E-state index in [0.717, 1.165) is 12.3 Å². The van der Waals surface area contributed by atoms with Crippen LogP contribution in [0.4, 0.5) is 0 Å². The van der Waals surface area contributed by atoms with Crippen LogP contribution in [0.3, 0.4) is 0 Å². The predicted molar refractivity (Wildman–Crippen MR) is 71.1 cm³/mol. The lowest BCUT2D eigenvalue weighted by atomic mass is 9.84. The molecule has 2 N–H and O–H groups in total. The van der Waals surface area contributed by atoms with Crippen LogP contribution in [0.1, 0.15) is 25.8 Å². The van der Waals surface area contributed by atoms with Crippen LogP contribution in [0.5, 0.6) is 5.75 Å². The Hall–Kier alpha value is -1.55. The van der Waals surface area contributed by atoms with Gasteiger partial charge in [-0.25, -0.2) is 0 Å². The van der Waals surface area contributed by atoms with Crippen molar-refractivity contribution in [3.63, 3.8) is 0 Å². The Bertz CT molecular complexity index is 402. The number of carbonyl (C=O) groups is 1. The fourth-order valence-corrected chi connectivity index (χ4v) is 1.74. The van der Waals surface area contributed by atoms with Crippen LogP contribution in [0.2, 0.25) is 0 Å². The molecule has 0 amide bonds. The Kier molecular flexibility index (Phi) is 5.16. The molecule has 4 nitrogen and oxygen atoms in total. The number of hydrogen-bond donors (Lipinski definition) is 2. The molecule has 0 unspecified atom stereocenters. The number of rotatable bonds is 7. The van der Waals surface area contributed by atoms with E-state index in [4.69, 9.17) is 9.84 Å². The van der Waals surface area contributed by atoms with Crippen molar-refractivity contribution < 1.29 is 14.6 Å². The van der Waals surface area contributed by atoms with Gasteiger partial charge in [-0.05, 0) is 17.7 Å². The lowest BCUT2D eigenvalue weighted by Crippen LogP contribution is -2.34. The monoisotopic (exact) mass is 251 g/mol. The van der Waals surface area contributed by atoms with Gasteiger partial charge in [0, 0.05) is 18.5 Å². The van der Waals surface area contributed by atoms with Crippen LogP contribution in [0, 0.1) is 0 Å². The maximum atomic E-state index is 10.4. The standard InChI is InChI=1S/C14H21NO3/c1-14(2,10-15-8-7-13(16)17)11-5-4-6-12(9-11)18-3/h4-6,9,15H,7-8,10H2,1-3H3,(H,16,17). The van der Waals surface area contributed by atoms with Gasteiger partial charge in [-0.15, -0.1) is 0 Å². The molecule has 0 saturated carbocycles. The minimum atomic E-state index is -0.776. The third-order valence-electron chi connectivity index (χ3n) is 2.93. The molecule has 0 aliphatic rings. The summed E-state index contributed by atoms with van der Waals surface area (Å²) in [5.74, 6) is 0.0628. The molecule has 0 radical (unpaired) electrons. The predicted octanol–water partition coefficient (Wildman–Crippen LogP) is 2.04. The lowest BCUT2D eigenvalue weighted by Gasteiger charge is -2.26. The first-order valence-corrected chi connectivity index (χ1v) is 6.03. The van der Waals surface area contributed by atoms with Crippen molar-refractivity contribution in [2.45, 2.75) is 25.7 Å². The normalized spacial score (nSPS) is 11.3. The second-order valence-electron chi connectivity index (χ2n) is 4.94. The highest BCUT2D eigenvalue weighted by Crippen LogP contribution is 2.25. The third kappa shape index (κ3) is 4.37. The van der Waals surface area contributed by atoms with Crippen molar-refractivity contribution in [3.8, 4) is 5.75 Å². The Morgan fingerprint density at radius 3 is 2.78 bits per heavy atom. The molecule has 0 fully saturated rings. The fraction of sp³-hybridized carbons (Fsp3) is 0.500. The molecule has 0 saturated heterocycles. The Morgan fingerprint density at radius 1 is 1.44 bits per heavy atom. The molecule has 0 heterocycles. The number of aliphatic carboxylic acids is 1. The fourth-order valence-electron chi connectivity index (χ4n) is 1.74. The van der Waals surface area contributed by atoms with E-state index < -0.39 is 5.97 Å². The first-order valence-electron chi connectivity index (χ1n) is 6.03. The van der Waals surface area contributed by atoms with E-state index in [1.165, 1.54) is 5.56 Å². The summed E-state index contributed by atoms with van der Waals surface area (Å²) in [4.78, 5) is 10.4. The number of ether oxygens (including phenoxy) is 1. The quantitative estimate of drug-likeness (QED) is 0.728. The first kappa shape index (κ1) is 14.5. The van der Waals surface area contributed by atoms with Crippen molar-refractivity contribution in [1.82, 2.24) is 5.32 Å². The highest BCUT2D eigenvalue weighted by Gasteiger charge is 2.20. The van der Waals surface area contributed by atoms with Gasteiger partial charge in [0.25, 0.3) is 0 Å². The van der Waals surface area contributed by atoms with E-state index in [9.17, 15) is 4.79 Å². The molecule has 0 spiro atoms. The minimum absolute atomic E-state index is 0.0625. The maximum absolute atomic E-state index is 10.4. The van der Waals surface area contributed by atoms with Gasteiger partial charge in [0.05, 0.1) is 13.5 Å².